The van der Waals surface area contributed by atoms with Gasteiger partial charge in [-0.3, -0.25) is 0 Å². The SMILES string of the molecule is C=O.C=O.C=O.[I][IrH][I]. The second-order valence-corrected chi connectivity index (χ2v) is 18.6. The summed E-state index contributed by atoms with van der Waals surface area (Å²) in [6, 6.07) is 0. The van der Waals surface area contributed by atoms with Gasteiger partial charge >= 0.3 is 49.7 Å². The first-order valence-electron chi connectivity index (χ1n) is 1.13. The van der Waals surface area contributed by atoms with Crippen LogP contribution in [0.5, 0.6) is 0 Å². The molecule has 0 aromatic rings. The van der Waals surface area contributed by atoms with E-state index in [0.717, 1.165) is 0 Å². The number of hydrogen-bond acceptors (Lipinski definition) is 3. The molecular formula is C3H7I2IrO3. The van der Waals surface area contributed by atoms with E-state index in [1.807, 2.05) is 20.4 Å². The normalized spacial score (nSPS) is 3.78. The van der Waals surface area contributed by atoms with Crippen molar-refractivity contribution in [2.75, 3.05) is 0 Å². The Kier molecular flexibility index (Phi) is 334. The summed E-state index contributed by atoms with van der Waals surface area (Å²) in [6.07, 6.45) is 0. The molecule has 0 aliphatic heterocycles. The van der Waals surface area contributed by atoms with Gasteiger partial charge in [-0.25, -0.2) is 0 Å². The van der Waals surface area contributed by atoms with E-state index in [2.05, 4.69) is 39.2 Å². The van der Waals surface area contributed by atoms with Crippen molar-refractivity contribution in [3.05, 3.63) is 0 Å². The zero-order valence-corrected chi connectivity index (χ0v) is 11.3. The third kappa shape index (κ3) is 369. The molecule has 0 fully saturated rings. The van der Waals surface area contributed by atoms with Crippen LogP contribution in [0, 0.1) is 0 Å². The fraction of sp³-hybridized carbons (Fsp3) is 0. The van der Waals surface area contributed by atoms with Crippen molar-refractivity contribution in [1.29, 1.82) is 0 Å². The van der Waals surface area contributed by atoms with Crippen LogP contribution >= 0.6 is 39.2 Å². The molecule has 0 aliphatic carbocycles. The van der Waals surface area contributed by atoms with E-state index in [0.29, 0.717) is 10.5 Å². The Bertz CT molecular complexity index is 28.3. The molecule has 0 unspecified atom stereocenters. The van der Waals surface area contributed by atoms with Crippen molar-refractivity contribution < 1.29 is 24.9 Å². The molecule has 0 rings (SSSR count). The monoisotopic (exact) mass is 538 g/mol. The van der Waals surface area contributed by atoms with E-state index >= 15 is 0 Å². The zero-order chi connectivity index (χ0) is 8.71. The minimum absolute atomic E-state index is 0.357. The molecule has 6 heteroatoms. The predicted molar refractivity (Wildman–Crippen MR) is 50.8 cm³/mol. The summed E-state index contributed by atoms with van der Waals surface area (Å²) in [6.45, 7) is 6.00. The Hall–Kier alpha value is 1.12. The van der Waals surface area contributed by atoms with Crippen LogP contribution in [-0.2, 0) is 24.9 Å². The van der Waals surface area contributed by atoms with E-state index in [1.54, 1.807) is 0 Å². The van der Waals surface area contributed by atoms with Gasteiger partial charge in [0.05, 0.1) is 0 Å². The maximum atomic E-state index is 8.00. The van der Waals surface area contributed by atoms with Crippen molar-refractivity contribution >= 4 is 59.6 Å². The average Bonchev–Trinajstić information content (AvgIpc) is 2.01. The summed E-state index contributed by atoms with van der Waals surface area (Å²) in [5.41, 5.74) is 0. The van der Waals surface area contributed by atoms with Gasteiger partial charge in [0.2, 0.25) is 0 Å². The second-order valence-electron chi connectivity index (χ2n) is 0.0505. The van der Waals surface area contributed by atoms with Gasteiger partial charge in [-0.1, -0.05) is 0 Å². The molecule has 0 N–H and O–H groups in total. The van der Waals surface area contributed by atoms with Gasteiger partial charge in [0.15, 0.2) is 0 Å². The molecule has 3 nitrogen and oxygen atoms in total. The van der Waals surface area contributed by atoms with Gasteiger partial charge in [-0.15, -0.1) is 0 Å². The van der Waals surface area contributed by atoms with Crippen molar-refractivity contribution in [3.8, 4) is 0 Å². The molecule has 0 saturated carbocycles. The fourth-order valence-corrected chi connectivity index (χ4v) is 0. The van der Waals surface area contributed by atoms with Crippen LogP contribution in [0.4, 0.5) is 0 Å². The molecule has 0 aromatic heterocycles. The maximum absolute atomic E-state index is 8.00. The van der Waals surface area contributed by atoms with Crippen molar-refractivity contribution in [3.63, 3.8) is 0 Å². The van der Waals surface area contributed by atoms with E-state index < -0.39 is 0 Å². The second kappa shape index (κ2) is 134. The molecule has 0 bridgehead atoms. The first-order chi connectivity index (χ1) is 4.41. The molecule has 60 valence electrons. The third-order valence-electron chi connectivity index (χ3n) is 0. The summed E-state index contributed by atoms with van der Waals surface area (Å²) in [5, 5.41) is 0. The molecule has 0 saturated heterocycles. The Morgan fingerprint density at radius 2 is 0.778 bits per heavy atom. The summed E-state index contributed by atoms with van der Waals surface area (Å²) in [7, 11) is 0.357. The Labute approximate surface area is 83.4 Å². The molecule has 9 heavy (non-hydrogen) atoms. The summed E-state index contributed by atoms with van der Waals surface area (Å²) >= 11 is 4.83. The summed E-state index contributed by atoms with van der Waals surface area (Å²) in [5.74, 6) is 0. The predicted octanol–water partition coefficient (Wildman–Crippen LogP) is 0.946. The van der Waals surface area contributed by atoms with Gasteiger partial charge in [0.1, 0.15) is 20.4 Å². The van der Waals surface area contributed by atoms with Gasteiger partial charge in [-0.05, 0) is 0 Å². The molecule has 0 aliphatic rings. The van der Waals surface area contributed by atoms with Gasteiger partial charge in [0, 0.05) is 0 Å². The molecule has 0 spiro atoms. The van der Waals surface area contributed by atoms with Crippen LogP contribution in [0.25, 0.3) is 0 Å². The standard InChI is InChI=1S/3CH2O.2HI.Ir.H/c3*1-2;;;;/h3*1H2;2*1H;;/q;;;;;+2;/p-2. The summed E-state index contributed by atoms with van der Waals surface area (Å²) in [4.78, 5) is 24.0. The molecular weight excluding hydrogens is 530 g/mol. The molecule has 0 aromatic carbocycles. The molecule has 0 atom stereocenters. The Morgan fingerprint density at radius 3 is 0.778 bits per heavy atom. The molecule has 0 radical (unpaired) electrons. The third-order valence-corrected chi connectivity index (χ3v) is 0. The Balaban J connectivity index is -0.0000000190. The minimum atomic E-state index is 0.357. The van der Waals surface area contributed by atoms with Crippen molar-refractivity contribution in [1.82, 2.24) is 0 Å². The van der Waals surface area contributed by atoms with Crippen molar-refractivity contribution in [2.45, 2.75) is 0 Å². The summed E-state index contributed by atoms with van der Waals surface area (Å²) < 4.78 is 0. The van der Waals surface area contributed by atoms with Crippen LogP contribution in [-0.4, -0.2) is 20.4 Å². The van der Waals surface area contributed by atoms with E-state index in [9.17, 15) is 0 Å². The zero-order valence-electron chi connectivity index (χ0n) is 4.46. The van der Waals surface area contributed by atoms with Crippen molar-refractivity contribution in [2.24, 2.45) is 0 Å². The van der Waals surface area contributed by atoms with Gasteiger partial charge in [0.25, 0.3) is 0 Å². The van der Waals surface area contributed by atoms with Crippen LogP contribution in [0.2, 0.25) is 0 Å². The first-order valence-corrected chi connectivity index (χ1v) is 15.5. The molecule has 0 amide bonds. The van der Waals surface area contributed by atoms with E-state index in [4.69, 9.17) is 14.4 Å². The number of rotatable bonds is 0. The first kappa shape index (κ1) is 22.5. The average molecular weight is 537 g/mol. The van der Waals surface area contributed by atoms with Crippen LogP contribution in [0.15, 0.2) is 0 Å². The van der Waals surface area contributed by atoms with Gasteiger partial charge < -0.3 is 14.4 Å². The number of carbonyl (C=O) groups is 3. The topological polar surface area (TPSA) is 51.2 Å². The fourth-order valence-electron chi connectivity index (χ4n) is 0. The number of hydrogen-bond donors (Lipinski definition) is 0. The van der Waals surface area contributed by atoms with Crippen LogP contribution in [0.1, 0.15) is 0 Å². The molecule has 0 heterocycles. The number of halogens is 2. The van der Waals surface area contributed by atoms with E-state index in [1.165, 1.54) is 0 Å². The van der Waals surface area contributed by atoms with Gasteiger partial charge in [-0.2, -0.15) is 0 Å². The number of carbonyl (C=O) groups excluding carboxylic acids is 3. The van der Waals surface area contributed by atoms with E-state index in [-0.39, 0.29) is 0 Å². The Morgan fingerprint density at radius 1 is 0.778 bits per heavy atom. The van der Waals surface area contributed by atoms with Crippen LogP contribution < -0.4 is 0 Å². The quantitative estimate of drug-likeness (QED) is 0.433. The van der Waals surface area contributed by atoms with Crippen LogP contribution in [0.3, 0.4) is 0 Å².